The van der Waals surface area contributed by atoms with E-state index in [1.54, 1.807) is 6.07 Å². The number of hydrogen-bond donors (Lipinski definition) is 1. The van der Waals surface area contributed by atoms with Crippen molar-refractivity contribution in [2.45, 2.75) is 20.3 Å². The number of rotatable bonds is 5. The molecule has 2 aromatic carbocycles. The van der Waals surface area contributed by atoms with Gasteiger partial charge < -0.3 is 10.1 Å². The maximum atomic E-state index is 11.5. The van der Waals surface area contributed by atoms with Gasteiger partial charge in [-0.2, -0.15) is 5.26 Å². The zero-order valence-electron chi connectivity index (χ0n) is 13.2. The monoisotopic (exact) mass is 325 g/mol. The molecule has 0 bridgehead atoms. The number of nitro benzene ring substituents is 1. The number of ether oxygens (including phenoxy) is 1. The molecule has 0 atom stereocenters. The Kier molecular flexibility index (Phi) is 5.12. The minimum absolute atomic E-state index is 0.199. The summed E-state index contributed by atoms with van der Waals surface area (Å²) >= 11 is 0. The first-order valence-corrected chi connectivity index (χ1v) is 7.10. The Morgan fingerprint density at radius 1 is 1.29 bits per heavy atom. The van der Waals surface area contributed by atoms with E-state index < -0.39 is 10.8 Å². The number of benzene rings is 2. The molecule has 7 heteroatoms. The standard InChI is InChI=1S/C17H15N3O4/c1-11-3-4-12(2)16(7-11)24-15-9-13(19-17(21)5-6-18)8-14(10-15)20(22)23/h3-4,7-10H,5H2,1-2H3,(H,19,21). The van der Waals surface area contributed by atoms with E-state index in [2.05, 4.69) is 5.32 Å². The molecule has 2 aromatic rings. The molecule has 122 valence electrons. The first-order valence-electron chi connectivity index (χ1n) is 7.10. The summed E-state index contributed by atoms with van der Waals surface area (Å²) in [6.07, 6.45) is -0.337. The summed E-state index contributed by atoms with van der Waals surface area (Å²) in [5.41, 5.74) is 1.85. The van der Waals surface area contributed by atoms with Crippen molar-refractivity contribution in [3.05, 3.63) is 57.6 Å². The van der Waals surface area contributed by atoms with Crippen molar-refractivity contribution in [2.24, 2.45) is 0 Å². The van der Waals surface area contributed by atoms with Crippen LogP contribution in [0.2, 0.25) is 0 Å². The number of anilines is 1. The highest BCUT2D eigenvalue weighted by Gasteiger charge is 2.13. The average molecular weight is 325 g/mol. The predicted molar refractivity (Wildman–Crippen MR) is 87.9 cm³/mol. The molecule has 0 unspecified atom stereocenters. The lowest BCUT2D eigenvalue weighted by atomic mass is 10.1. The summed E-state index contributed by atoms with van der Waals surface area (Å²) < 4.78 is 5.74. The van der Waals surface area contributed by atoms with Crippen molar-refractivity contribution in [3.63, 3.8) is 0 Å². The van der Waals surface area contributed by atoms with Crippen LogP contribution >= 0.6 is 0 Å². The molecule has 0 aromatic heterocycles. The van der Waals surface area contributed by atoms with Gasteiger partial charge in [-0.25, -0.2) is 0 Å². The van der Waals surface area contributed by atoms with Crippen molar-refractivity contribution in [2.75, 3.05) is 5.32 Å². The van der Waals surface area contributed by atoms with Crippen LogP contribution in [0.1, 0.15) is 17.5 Å². The van der Waals surface area contributed by atoms with Crippen LogP contribution < -0.4 is 10.1 Å². The molecule has 0 aliphatic carbocycles. The van der Waals surface area contributed by atoms with E-state index in [1.165, 1.54) is 18.2 Å². The fourth-order valence-corrected chi connectivity index (χ4v) is 2.04. The lowest BCUT2D eigenvalue weighted by molar-refractivity contribution is -0.384. The Labute approximate surface area is 138 Å². The SMILES string of the molecule is Cc1ccc(C)c(Oc2cc(NC(=O)CC#N)cc([N+](=O)[O-])c2)c1. The number of nitrogens with one attached hydrogen (secondary N) is 1. The van der Waals surface area contributed by atoms with Gasteiger partial charge in [0.2, 0.25) is 5.91 Å². The molecular weight excluding hydrogens is 310 g/mol. The second-order valence-corrected chi connectivity index (χ2v) is 5.23. The smallest absolute Gasteiger partial charge is 0.275 e. The van der Waals surface area contributed by atoms with E-state index in [0.717, 1.165) is 11.1 Å². The van der Waals surface area contributed by atoms with Crippen LogP contribution in [0, 0.1) is 35.3 Å². The lowest BCUT2D eigenvalue weighted by Crippen LogP contribution is -2.10. The molecule has 0 spiro atoms. The molecule has 0 radical (unpaired) electrons. The number of non-ortho nitro benzene ring substituents is 1. The van der Waals surface area contributed by atoms with Gasteiger partial charge in [-0.05, 0) is 31.0 Å². The van der Waals surface area contributed by atoms with Gasteiger partial charge in [0.05, 0.1) is 22.7 Å². The summed E-state index contributed by atoms with van der Waals surface area (Å²) in [5, 5.41) is 22.0. The Hall–Kier alpha value is -3.40. The highest BCUT2D eigenvalue weighted by molar-refractivity contribution is 5.92. The largest absolute Gasteiger partial charge is 0.457 e. The third kappa shape index (κ3) is 4.30. The Morgan fingerprint density at radius 3 is 2.71 bits per heavy atom. The fraction of sp³-hybridized carbons (Fsp3) is 0.176. The van der Waals surface area contributed by atoms with Crippen LogP contribution in [0.4, 0.5) is 11.4 Å². The quantitative estimate of drug-likeness (QED) is 0.664. The van der Waals surface area contributed by atoms with Crippen LogP contribution in [0.3, 0.4) is 0 Å². The summed E-state index contributed by atoms with van der Waals surface area (Å²) in [6, 6.07) is 11.3. The maximum Gasteiger partial charge on any atom is 0.275 e. The van der Waals surface area contributed by atoms with Gasteiger partial charge in [-0.1, -0.05) is 12.1 Å². The number of aryl methyl sites for hydroxylation is 2. The first-order chi connectivity index (χ1) is 11.4. The molecule has 1 N–H and O–H groups in total. The molecule has 2 rings (SSSR count). The number of nitriles is 1. The topological polar surface area (TPSA) is 105 Å². The van der Waals surface area contributed by atoms with E-state index in [0.29, 0.717) is 5.75 Å². The van der Waals surface area contributed by atoms with Crippen molar-refractivity contribution in [3.8, 4) is 17.6 Å². The molecule has 1 amide bonds. The minimum atomic E-state index is -0.574. The number of carbonyl (C=O) groups is 1. The van der Waals surface area contributed by atoms with E-state index in [4.69, 9.17) is 10.00 Å². The number of carbonyl (C=O) groups excluding carboxylic acids is 1. The van der Waals surface area contributed by atoms with Gasteiger partial charge in [0.1, 0.15) is 17.9 Å². The highest BCUT2D eigenvalue weighted by atomic mass is 16.6. The number of nitro groups is 1. The number of hydrogen-bond acceptors (Lipinski definition) is 5. The molecule has 0 aliphatic heterocycles. The zero-order chi connectivity index (χ0) is 17.7. The minimum Gasteiger partial charge on any atom is -0.457 e. The maximum absolute atomic E-state index is 11.5. The molecule has 0 aliphatic rings. The van der Waals surface area contributed by atoms with E-state index in [-0.39, 0.29) is 23.5 Å². The molecule has 0 saturated heterocycles. The van der Waals surface area contributed by atoms with Crippen LogP contribution in [0.5, 0.6) is 11.5 Å². The van der Waals surface area contributed by atoms with Gasteiger partial charge >= 0.3 is 0 Å². The lowest BCUT2D eigenvalue weighted by Gasteiger charge is -2.11. The molecular formula is C17H15N3O4. The zero-order valence-corrected chi connectivity index (χ0v) is 13.2. The Bertz CT molecular complexity index is 840. The van der Waals surface area contributed by atoms with Crippen LogP contribution in [0.15, 0.2) is 36.4 Å². The van der Waals surface area contributed by atoms with Gasteiger partial charge in [-0.3, -0.25) is 14.9 Å². The third-order valence-corrected chi connectivity index (χ3v) is 3.20. The Morgan fingerprint density at radius 2 is 2.04 bits per heavy atom. The van der Waals surface area contributed by atoms with E-state index in [1.807, 2.05) is 32.0 Å². The average Bonchev–Trinajstić information content (AvgIpc) is 2.51. The Balaban J connectivity index is 2.36. The molecule has 0 fully saturated rings. The molecule has 7 nitrogen and oxygen atoms in total. The van der Waals surface area contributed by atoms with Gasteiger partial charge in [-0.15, -0.1) is 0 Å². The summed E-state index contributed by atoms with van der Waals surface area (Å²) in [7, 11) is 0. The number of nitrogens with zero attached hydrogens (tertiary/aromatic N) is 2. The molecule has 0 saturated carbocycles. The highest BCUT2D eigenvalue weighted by Crippen LogP contribution is 2.31. The summed E-state index contributed by atoms with van der Waals surface area (Å²) in [4.78, 5) is 22.0. The molecule has 0 heterocycles. The van der Waals surface area contributed by atoms with Gasteiger partial charge in [0, 0.05) is 12.1 Å². The van der Waals surface area contributed by atoms with E-state index >= 15 is 0 Å². The van der Waals surface area contributed by atoms with Crippen molar-refractivity contribution >= 4 is 17.3 Å². The van der Waals surface area contributed by atoms with Gasteiger partial charge in [0.15, 0.2) is 0 Å². The van der Waals surface area contributed by atoms with Crippen molar-refractivity contribution in [1.29, 1.82) is 5.26 Å². The third-order valence-electron chi connectivity index (χ3n) is 3.20. The van der Waals surface area contributed by atoms with Crippen molar-refractivity contribution in [1.82, 2.24) is 0 Å². The molecule has 24 heavy (non-hydrogen) atoms. The fourth-order valence-electron chi connectivity index (χ4n) is 2.04. The second kappa shape index (κ2) is 7.24. The summed E-state index contributed by atoms with van der Waals surface area (Å²) in [6.45, 7) is 3.77. The van der Waals surface area contributed by atoms with Crippen LogP contribution in [-0.2, 0) is 4.79 Å². The number of amides is 1. The summed E-state index contributed by atoms with van der Waals surface area (Å²) in [5.74, 6) is 0.255. The van der Waals surface area contributed by atoms with E-state index in [9.17, 15) is 14.9 Å². The van der Waals surface area contributed by atoms with Crippen molar-refractivity contribution < 1.29 is 14.5 Å². The van der Waals surface area contributed by atoms with Gasteiger partial charge in [0.25, 0.3) is 5.69 Å². The first kappa shape index (κ1) is 17.0. The van der Waals surface area contributed by atoms with Crippen LogP contribution in [-0.4, -0.2) is 10.8 Å². The normalized spacial score (nSPS) is 9.88. The second-order valence-electron chi connectivity index (χ2n) is 5.23. The van der Waals surface area contributed by atoms with Crippen LogP contribution in [0.25, 0.3) is 0 Å². The predicted octanol–water partition coefficient (Wildman–Crippen LogP) is 3.86.